The second kappa shape index (κ2) is 6.95. The van der Waals surface area contributed by atoms with E-state index >= 15 is 0 Å². The Bertz CT molecular complexity index is 342. The van der Waals surface area contributed by atoms with Gasteiger partial charge in [0.1, 0.15) is 5.82 Å². The van der Waals surface area contributed by atoms with Crippen LogP contribution in [0.5, 0.6) is 0 Å². The number of nitrogens with one attached hydrogen (secondary N) is 1. The van der Waals surface area contributed by atoms with Crippen LogP contribution >= 0.6 is 0 Å². The van der Waals surface area contributed by atoms with Crippen molar-refractivity contribution in [3.8, 4) is 0 Å². The third-order valence-corrected chi connectivity index (χ3v) is 2.10. The Morgan fingerprint density at radius 3 is 2.88 bits per heavy atom. The molecule has 1 aromatic carbocycles. The van der Waals surface area contributed by atoms with E-state index in [0.29, 0.717) is 25.1 Å². The molecule has 0 radical (unpaired) electrons. The van der Waals surface area contributed by atoms with E-state index in [4.69, 9.17) is 4.74 Å². The Hall–Kier alpha value is -1.42. The molecule has 0 fully saturated rings. The molecular weight excluding hydrogens is 209 g/mol. The summed E-state index contributed by atoms with van der Waals surface area (Å²) in [6.07, 6.45) is 0.562. The number of hydrogen-bond acceptors (Lipinski definition) is 3. The lowest BCUT2D eigenvalue weighted by Gasteiger charge is -2.05. The summed E-state index contributed by atoms with van der Waals surface area (Å²) in [7, 11) is 0. The molecule has 0 heterocycles. The van der Waals surface area contributed by atoms with E-state index in [1.165, 1.54) is 6.07 Å². The van der Waals surface area contributed by atoms with Crippen LogP contribution in [0.4, 0.5) is 4.39 Å². The molecule has 0 atom stereocenters. The Balaban J connectivity index is 2.21. The molecule has 1 rings (SSSR count). The average Bonchev–Trinajstić information content (AvgIpc) is 2.27. The lowest BCUT2D eigenvalue weighted by molar-refractivity contribution is -0.141. The Morgan fingerprint density at radius 1 is 1.44 bits per heavy atom. The van der Waals surface area contributed by atoms with E-state index in [1.54, 1.807) is 25.1 Å². The number of benzene rings is 1. The number of carbonyl (C=O) groups excluding carboxylic acids is 1. The van der Waals surface area contributed by atoms with Crippen LogP contribution in [0.2, 0.25) is 0 Å². The van der Waals surface area contributed by atoms with Gasteiger partial charge in [-0.05, 0) is 31.5 Å². The van der Waals surface area contributed by atoms with E-state index in [9.17, 15) is 9.18 Å². The first-order chi connectivity index (χ1) is 7.74. The van der Waals surface area contributed by atoms with Crippen molar-refractivity contribution in [2.45, 2.75) is 13.3 Å². The molecule has 0 amide bonds. The minimum Gasteiger partial charge on any atom is -0.465 e. The summed E-state index contributed by atoms with van der Waals surface area (Å²) in [5, 5.41) is 2.90. The maximum Gasteiger partial charge on any atom is 0.319 e. The van der Waals surface area contributed by atoms with Crippen LogP contribution in [-0.2, 0) is 16.0 Å². The van der Waals surface area contributed by atoms with Gasteiger partial charge in [0.2, 0.25) is 0 Å². The van der Waals surface area contributed by atoms with E-state index in [1.807, 2.05) is 0 Å². The second-order valence-corrected chi connectivity index (χ2v) is 3.32. The maximum atomic E-state index is 13.2. The maximum absolute atomic E-state index is 13.2. The zero-order chi connectivity index (χ0) is 11.8. The Morgan fingerprint density at radius 2 is 2.19 bits per heavy atom. The molecule has 88 valence electrons. The van der Waals surface area contributed by atoms with Crippen LogP contribution < -0.4 is 5.32 Å². The van der Waals surface area contributed by atoms with E-state index in [2.05, 4.69) is 5.32 Å². The zero-order valence-electron chi connectivity index (χ0n) is 9.33. The SMILES string of the molecule is CCOC(=O)CNCCc1ccccc1F. The van der Waals surface area contributed by atoms with Gasteiger partial charge in [0, 0.05) is 0 Å². The van der Waals surface area contributed by atoms with Crippen LogP contribution in [0, 0.1) is 5.82 Å². The summed E-state index contributed by atoms with van der Waals surface area (Å²) in [5.41, 5.74) is 0.652. The monoisotopic (exact) mass is 225 g/mol. The molecule has 0 aliphatic rings. The smallest absolute Gasteiger partial charge is 0.319 e. The first-order valence-electron chi connectivity index (χ1n) is 5.33. The van der Waals surface area contributed by atoms with Gasteiger partial charge in [0.05, 0.1) is 13.2 Å². The predicted molar refractivity (Wildman–Crippen MR) is 59.6 cm³/mol. The number of ether oxygens (including phenoxy) is 1. The highest BCUT2D eigenvalue weighted by atomic mass is 19.1. The highest BCUT2D eigenvalue weighted by Gasteiger charge is 2.02. The number of halogens is 1. The number of esters is 1. The minimum absolute atomic E-state index is 0.169. The topological polar surface area (TPSA) is 38.3 Å². The zero-order valence-corrected chi connectivity index (χ0v) is 9.33. The van der Waals surface area contributed by atoms with Crippen molar-refractivity contribution in [1.29, 1.82) is 0 Å². The van der Waals surface area contributed by atoms with E-state index in [-0.39, 0.29) is 18.3 Å². The van der Waals surface area contributed by atoms with Crippen LogP contribution in [0.25, 0.3) is 0 Å². The molecule has 1 aromatic rings. The molecular formula is C12H16FNO2. The van der Waals surface area contributed by atoms with Crippen molar-refractivity contribution in [2.75, 3.05) is 19.7 Å². The van der Waals surface area contributed by atoms with Gasteiger partial charge in [-0.1, -0.05) is 18.2 Å². The third-order valence-electron chi connectivity index (χ3n) is 2.10. The van der Waals surface area contributed by atoms with Crippen molar-refractivity contribution >= 4 is 5.97 Å². The number of hydrogen-bond donors (Lipinski definition) is 1. The quantitative estimate of drug-likeness (QED) is 0.589. The van der Waals surface area contributed by atoms with Crippen molar-refractivity contribution in [3.63, 3.8) is 0 Å². The molecule has 3 nitrogen and oxygen atoms in total. The minimum atomic E-state index is -0.281. The van der Waals surface area contributed by atoms with Crippen LogP contribution in [-0.4, -0.2) is 25.7 Å². The first kappa shape index (κ1) is 12.6. The van der Waals surface area contributed by atoms with Gasteiger partial charge >= 0.3 is 5.97 Å². The molecule has 0 aromatic heterocycles. The fourth-order valence-corrected chi connectivity index (χ4v) is 1.33. The van der Waals surface area contributed by atoms with Gasteiger partial charge in [-0.15, -0.1) is 0 Å². The molecule has 0 spiro atoms. The number of rotatable bonds is 6. The van der Waals surface area contributed by atoms with Gasteiger partial charge < -0.3 is 10.1 Å². The summed E-state index contributed by atoms with van der Waals surface area (Å²) in [6, 6.07) is 6.62. The summed E-state index contributed by atoms with van der Waals surface area (Å²) in [4.78, 5) is 11.0. The molecule has 4 heteroatoms. The molecule has 0 bridgehead atoms. The molecule has 16 heavy (non-hydrogen) atoms. The van der Waals surface area contributed by atoms with Gasteiger partial charge in [0.25, 0.3) is 0 Å². The number of carbonyl (C=O) groups is 1. The lowest BCUT2D eigenvalue weighted by atomic mass is 10.1. The molecule has 1 N–H and O–H groups in total. The summed E-state index contributed by atoms with van der Waals surface area (Å²) < 4.78 is 17.9. The third kappa shape index (κ3) is 4.40. The van der Waals surface area contributed by atoms with E-state index < -0.39 is 0 Å². The first-order valence-corrected chi connectivity index (χ1v) is 5.33. The largest absolute Gasteiger partial charge is 0.465 e. The van der Waals surface area contributed by atoms with Gasteiger partial charge in [-0.2, -0.15) is 0 Å². The molecule has 0 saturated heterocycles. The summed E-state index contributed by atoms with van der Waals surface area (Å²) in [5.74, 6) is -0.489. The average molecular weight is 225 g/mol. The molecule has 0 unspecified atom stereocenters. The highest BCUT2D eigenvalue weighted by Crippen LogP contribution is 2.05. The van der Waals surface area contributed by atoms with Crippen molar-refractivity contribution < 1.29 is 13.9 Å². The Labute approximate surface area is 94.6 Å². The highest BCUT2D eigenvalue weighted by molar-refractivity contribution is 5.71. The van der Waals surface area contributed by atoms with Gasteiger partial charge in [0.15, 0.2) is 0 Å². The van der Waals surface area contributed by atoms with Gasteiger partial charge in [-0.3, -0.25) is 4.79 Å². The summed E-state index contributed by atoms with van der Waals surface area (Å²) >= 11 is 0. The van der Waals surface area contributed by atoms with Crippen LogP contribution in [0.1, 0.15) is 12.5 Å². The molecule has 0 aliphatic carbocycles. The molecule has 0 saturated carbocycles. The normalized spacial score (nSPS) is 10.1. The van der Waals surface area contributed by atoms with E-state index in [0.717, 1.165) is 0 Å². The summed E-state index contributed by atoms with van der Waals surface area (Å²) in [6.45, 7) is 2.87. The fraction of sp³-hybridized carbons (Fsp3) is 0.417. The standard InChI is InChI=1S/C12H16FNO2/c1-2-16-12(15)9-14-8-7-10-5-3-4-6-11(10)13/h3-6,14H,2,7-9H2,1H3. The second-order valence-electron chi connectivity index (χ2n) is 3.32. The fourth-order valence-electron chi connectivity index (χ4n) is 1.33. The molecule has 0 aliphatic heterocycles. The van der Waals surface area contributed by atoms with Crippen LogP contribution in [0.15, 0.2) is 24.3 Å². The van der Waals surface area contributed by atoms with Crippen LogP contribution in [0.3, 0.4) is 0 Å². The Kier molecular flexibility index (Phi) is 5.50. The van der Waals surface area contributed by atoms with Crippen molar-refractivity contribution in [2.24, 2.45) is 0 Å². The lowest BCUT2D eigenvalue weighted by Crippen LogP contribution is -2.26. The van der Waals surface area contributed by atoms with Gasteiger partial charge in [-0.25, -0.2) is 4.39 Å². The van der Waals surface area contributed by atoms with Crippen molar-refractivity contribution in [1.82, 2.24) is 5.32 Å². The van der Waals surface area contributed by atoms with Crippen molar-refractivity contribution in [3.05, 3.63) is 35.6 Å². The predicted octanol–water partition coefficient (Wildman–Crippen LogP) is 1.52.